The fourth-order valence-corrected chi connectivity index (χ4v) is 1.98. The Labute approximate surface area is 120 Å². The minimum atomic E-state index is -1.07. The highest BCUT2D eigenvalue weighted by Gasteiger charge is 2.12. The van der Waals surface area contributed by atoms with E-state index in [0.29, 0.717) is 19.6 Å². The number of hydrogen-bond acceptors (Lipinski definition) is 6. The van der Waals surface area contributed by atoms with Crippen LogP contribution in [-0.4, -0.2) is 39.4 Å². The van der Waals surface area contributed by atoms with Crippen LogP contribution in [0, 0.1) is 0 Å². The van der Waals surface area contributed by atoms with Crippen LogP contribution in [0.1, 0.15) is 16.1 Å². The first-order valence-corrected chi connectivity index (χ1v) is 6.45. The Morgan fingerprint density at radius 2 is 2.24 bits per heavy atom. The number of carbonyl (C=O) groups is 1. The number of rotatable bonds is 6. The lowest BCUT2D eigenvalue weighted by molar-refractivity contribution is 0.0690. The minimum Gasteiger partial charge on any atom is -0.476 e. The number of nitrogens with one attached hydrogen (secondary N) is 1. The second-order valence-corrected chi connectivity index (χ2v) is 4.54. The standard InChI is InChI=1S/C13H14N4O4/c18-13(19)10-7-17(16-15-10)4-3-14-6-9-1-2-11-12(5-9)21-8-20-11/h1-2,5,7,14H,3-4,6,8H2,(H,18,19). The lowest BCUT2D eigenvalue weighted by Gasteiger charge is -2.05. The Morgan fingerprint density at radius 3 is 3.05 bits per heavy atom. The summed E-state index contributed by atoms with van der Waals surface area (Å²) in [4.78, 5) is 10.7. The maximum Gasteiger partial charge on any atom is 0.358 e. The summed E-state index contributed by atoms with van der Waals surface area (Å²) in [7, 11) is 0. The van der Waals surface area contributed by atoms with Crippen molar-refractivity contribution in [3.05, 3.63) is 35.7 Å². The highest BCUT2D eigenvalue weighted by atomic mass is 16.7. The minimum absolute atomic E-state index is 0.0502. The van der Waals surface area contributed by atoms with Crippen LogP contribution >= 0.6 is 0 Å². The molecule has 110 valence electrons. The molecular weight excluding hydrogens is 276 g/mol. The molecule has 0 unspecified atom stereocenters. The Kier molecular flexibility index (Phi) is 3.69. The molecule has 0 amide bonds. The number of ether oxygens (including phenoxy) is 2. The molecule has 0 bridgehead atoms. The van der Waals surface area contributed by atoms with Gasteiger partial charge in [-0.05, 0) is 17.7 Å². The van der Waals surface area contributed by atoms with E-state index in [0.717, 1.165) is 17.1 Å². The van der Waals surface area contributed by atoms with E-state index in [1.807, 2.05) is 18.2 Å². The van der Waals surface area contributed by atoms with Gasteiger partial charge in [0.2, 0.25) is 6.79 Å². The van der Waals surface area contributed by atoms with Gasteiger partial charge in [0.05, 0.1) is 12.7 Å². The topological polar surface area (TPSA) is 98.5 Å². The molecule has 8 nitrogen and oxygen atoms in total. The normalized spacial score (nSPS) is 12.6. The molecule has 0 fully saturated rings. The van der Waals surface area contributed by atoms with Gasteiger partial charge in [0.25, 0.3) is 0 Å². The maximum absolute atomic E-state index is 10.7. The second kappa shape index (κ2) is 5.80. The predicted molar refractivity (Wildman–Crippen MR) is 71.3 cm³/mol. The summed E-state index contributed by atoms with van der Waals surface area (Å²) in [6.07, 6.45) is 1.41. The molecule has 2 heterocycles. The third-order valence-corrected chi connectivity index (χ3v) is 3.04. The van der Waals surface area contributed by atoms with E-state index in [1.165, 1.54) is 10.9 Å². The number of hydrogen-bond donors (Lipinski definition) is 2. The van der Waals surface area contributed by atoms with E-state index < -0.39 is 5.97 Å². The van der Waals surface area contributed by atoms with Gasteiger partial charge in [0.1, 0.15) is 0 Å². The van der Waals surface area contributed by atoms with Crippen LogP contribution in [0.25, 0.3) is 0 Å². The third kappa shape index (κ3) is 3.11. The van der Waals surface area contributed by atoms with Gasteiger partial charge < -0.3 is 19.9 Å². The Hall–Kier alpha value is -2.61. The quantitative estimate of drug-likeness (QED) is 0.747. The number of aromatic nitrogens is 3. The Bertz CT molecular complexity index is 655. The van der Waals surface area contributed by atoms with Gasteiger partial charge in [-0.3, -0.25) is 4.68 Å². The van der Waals surface area contributed by atoms with Gasteiger partial charge >= 0.3 is 5.97 Å². The summed E-state index contributed by atoms with van der Waals surface area (Å²) < 4.78 is 12.1. The summed E-state index contributed by atoms with van der Waals surface area (Å²) in [6.45, 7) is 2.14. The fraction of sp³-hybridized carbons (Fsp3) is 0.308. The summed E-state index contributed by atoms with van der Waals surface area (Å²) in [5, 5.41) is 19.3. The lowest BCUT2D eigenvalue weighted by atomic mass is 10.2. The van der Waals surface area contributed by atoms with Gasteiger partial charge in [0, 0.05) is 13.1 Å². The second-order valence-electron chi connectivity index (χ2n) is 4.54. The van der Waals surface area contributed by atoms with Crippen molar-refractivity contribution in [2.75, 3.05) is 13.3 Å². The van der Waals surface area contributed by atoms with Crippen molar-refractivity contribution >= 4 is 5.97 Å². The third-order valence-electron chi connectivity index (χ3n) is 3.04. The monoisotopic (exact) mass is 290 g/mol. The fourth-order valence-electron chi connectivity index (χ4n) is 1.98. The van der Waals surface area contributed by atoms with Gasteiger partial charge in [-0.15, -0.1) is 5.10 Å². The summed E-state index contributed by atoms with van der Waals surface area (Å²) >= 11 is 0. The first-order chi connectivity index (χ1) is 10.2. The van der Waals surface area contributed by atoms with E-state index in [4.69, 9.17) is 14.6 Å². The molecule has 0 atom stereocenters. The SMILES string of the molecule is O=C(O)c1cn(CCNCc2ccc3c(c2)OCO3)nn1. The smallest absolute Gasteiger partial charge is 0.358 e. The zero-order valence-electron chi connectivity index (χ0n) is 11.2. The van der Waals surface area contributed by atoms with Crippen molar-refractivity contribution < 1.29 is 19.4 Å². The Balaban J connectivity index is 1.46. The largest absolute Gasteiger partial charge is 0.476 e. The van der Waals surface area contributed by atoms with Gasteiger partial charge in [-0.2, -0.15) is 0 Å². The molecule has 21 heavy (non-hydrogen) atoms. The van der Waals surface area contributed by atoms with Crippen molar-refractivity contribution in [3.8, 4) is 11.5 Å². The molecule has 0 radical (unpaired) electrons. The molecule has 2 N–H and O–H groups in total. The van der Waals surface area contributed by atoms with Crippen LogP contribution in [0.15, 0.2) is 24.4 Å². The molecule has 1 aromatic carbocycles. The van der Waals surface area contributed by atoms with Crippen LogP contribution in [0.4, 0.5) is 0 Å². The molecule has 1 aliphatic heterocycles. The molecule has 1 aliphatic rings. The summed E-state index contributed by atoms with van der Waals surface area (Å²) in [6, 6.07) is 5.79. The van der Waals surface area contributed by atoms with E-state index in [1.54, 1.807) is 0 Å². The van der Waals surface area contributed by atoms with Gasteiger partial charge in [0.15, 0.2) is 17.2 Å². The van der Waals surface area contributed by atoms with Crippen LogP contribution in [-0.2, 0) is 13.1 Å². The van der Waals surface area contributed by atoms with E-state index in [2.05, 4.69) is 15.6 Å². The van der Waals surface area contributed by atoms with Crippen LogP contribution < -0.4 is 14.8 Å². The number of fused-ring (bicyclic) bond motifs is 1. The van der Waals surface area contributed by atoms with Crippen LogP contribution in [0.3, 0.4) is 0 Å². The lowest BCUT2D eigenvalue weighted by Crippen LogP contribution is -2.19. The van der Waals surface area contributed by atoms with Crippen LogP contribution in [0.5, 0.6) is 11.5 Å². The van der Waals surface area contributed by atoms with Gasteiger partial charge in [-0.1, -0.05) is 11.3 Å². The van der Waals surface area contributed by atoms with Crippen molar-refractivity contribution in [2.45, 2.75) is 13.1 Å². The van der Waals surface area contributed by atoms with Crippen molar-refractivity contribution in [2.24, 2.45) is 0 Å². The maximum atomic E-state index is 10.7. The van der Waals surface area contributed by atoms with Crippen LogP contribution in [0.2, 0.25) is 0 Å². The van der Waals surface area contributed by atoms with E-state index in [9.17, 15) is 4.79 Å². The number of nitrogens with zero attached hydrogens (tertiary/aromatic N) is 3. The molecule has 0 saturated carbocycles. The van der Waals surface area contributed by atoms with Crippen molar-refractivity contribution in [1.29, 1.82) is 0 Å². The van der Waals surface area contributed by atoms with Crippen molar-refractivity contribution in [3.63, 3.8) is 0 Å². The first kappa shape index (κ1) is 13.4. The summed E-state index contributed by atoms with van der Waals surface area (Å²) in [5.41, 5.74) is 1.04. The molecule has 0 aliphatic carbocycles. The zero-order valence-corrected chi connectivity index (χ0v) is 11.2. The highest BCUT2D eigenvalue weighted by Crippen LogP contribution is 2.32. The van der Waals surface area contributed by atoms with Gasteiger partial charge in [-0.25, -0.2) is 4.79 Å². The zero-order chi connectivity index (χ0) is 14.7. The molecule has 1 aromatic heterocycles. The molecule has 0 saturated heterocycles. The van der Waals surface area contributed by atoms with Crippen molar-refractivity contribution in [1.82, 2.24) is 20.3 Å². The molecule has 8 heteroatoms. The molecule has 3 rings (SSSR count). The first-order valence-electron chi connectivity index (χ1n) is 6.45. The van der Waals surface area contributed by atoms with E-state index in [-0.39, 0.29) is 12.5 Å². The number of benzene rings is 1. The average Bonchev–Trinajstić information content (AvgIpc) is 3.12. The Morgan fingerprint density at radius 1 is 1.38 bits per heavy atom. The highest BCUT2D eigenvalue weighted by molar-refractivity contribution is 5.84. The molecule has 0 spiro atoms. The number of carboxylic acid groups (broad SMARTS) is 1. The van der Waals surface area contributed by atoms with E-state index >= 15 is 0 Å². The molecular formula is C13H14N4O4. The molecule has 2 aromatic rings. The predicted octanol–water partition coefficient (Wildman–Crippen LogP) is 0.495. The average molecular weight is 290 g/mol. The summed E-state index contributed by atoms with van der Waals surface area (Å²) in [5.74, 6) is 0.453. The number of aromatic carboxylic acids is 1. The number of carboxylic acids is 1.